The van der Waals surface area contributed by atoms with Gasteiger partial charge in [0.2, 0.25) is 0 Å². The molecule has 1 atom stereocenters. The number of hydrogen-bond acceptors (Lipinski definition) is 3. The molecule has 1 aromatic carbocycles. The highest BCUT2D eigenvalue weighted by Crippen LogP contribution is 2.21. The summed E-state index contributed by atoms with van der Waals surface area (Å²) in [5, 5.41) is 2.92. The van der Waals surface area contributed by atoms with Gasteiger partial charge in [0.25, 0.3) is 11.8 Å². The fraction of sp³-hybridized carbons (Fsp3) is 0.600. The van der Waals surface area contributed by atoms with Gasteiger partial charge in [-0.1, -0.05) is 20.8 Å². The van der Waals surface area contributed by atoms with Crippen molar-refractivity contribution in [2.24, 2.45) is 17.1 Å². The Morgan fingerprint density at radius 3 is 2.12 bits per heavy atom. The van der Waals surface area contributed by atoms with E-state index in [0.29, 0.717) is 23.6 Å². The molecule has 1 aliphatic rings. The molecule has 0 saturated carbocycles. The Hall–Kier alpha value is -1.59. The van der Waals surface area contributed by atoms with Crippen LogP contribution in [0.5, 0.6) is 0 Å². The smallest absolute Gasteiger partial charge is 0.253 e. The van der Waals surface area contributed by atoms with Gasteiger partial charge >= 0.3 is 0 Å². The van der Waals surface area contributed by atoms with Crippen LogP contribution in [0.15, 0.2) is 24.3 Å². The number of nitrogens with one attached hydrogen (secondary N) is 1. The third-order valence-electron chi connectivity index (χ3n) is 4.74. The molecule has 26 heavy (non-hydrogen) atoms. The van der Waals surface area contributed by atoms with Gasteiger partial charge in [0, 0.05) is 36.8 Å². The van der Waals surface area contributed by atoms with Gasteiger partial charge in [0.05, 0.1) is 0 Å². The molecule has 1 saturated heterocycles. The minimum atomic E-state index is -0.105. The molecule has 0 radical (unpaired) electrons. The number of carbonyl (C=O) groups excluding carboxylic acids is 2. The molecule has 0 bridgehead atoms. The molecule has 0 aliphatic carbocycles. The Morgan fingerprint density at radius 2 is 1.65 bits per heavy atom. The molecular weight excluding hydrogens is 350 g/mol. The molecule has 3 N–H and O–H groups in total. The molecular formula is C20H32ClN3O2. The van der Waals surface area contributed by atoms with Crippen LogP contribution < -0.4 is 11.1 Å². The minimum Gasteiger partial charge on any atom is -0.352 e. The highest BCUT2D eigenvalue weighted by atomic mass is 35.5. The summed E-state index contributed by atoms with van der Waals surface area (Å²) in [4.78, 5) is 26.6. The largest absolute Gasteiger partial charge is 0.352 e. The highest BCUT2D eigenvalue weighted by Gasteiger charge is 2.25. The van der Waals surface area contributed by atoms with E-state index in [9.17, 15) is 9.59 Å². The highest BCUT2D eigenvalue weighted by molar-refractivity contribution is 5.97. The molecule has 146 valence electrons. The van der Waals surface area contributed by atoms with Crippen molar-refractivity contribution in [2.45, 2.75) is 46.6 Å². The Bertz CT molecular complexity index is 600. The Labute approximate surface area is 163 Å². The summed E-state index contributed by atoms with van der Waals surface area (Å²) in [7, 11) is 0. The first-order chi connectivity index (χ1) is 11.7. The SMILES string of the molecule is CC(N)C1CCN(C(=O)c2ccc(C(=O)NCC(C)(C)C)cc2)CC1.Cl. The van der Waals surface area contributed by atoms with E-state index in [1.165, 1.54) is 0 Å². The van der Waals surface area contributed by atoms with Gasteiger partial charge in [-0.15, -0.1) is 12.4 Å². The molecule has 0 spiro atoms. The van der Waals surface area contributed by atoms with Crippen LogP contribution in [0.3, 0.4) is 0 Å². The fourth-order valence-corrected chi connectivity index (χ4v) is 3.02. The maximum Gasteiger partial charge on any atom is 0.253 e. The first-order valence-electron chi connectivity index (χ1n) is 9.10. The molecule has 1 aliphatic heterocycles. The number of piperidine rings is 1. The first kappa shape index (κ1) is 22.5. The monoisotopic (exact) mass is 381 g/mol. The summed E-state index contributed by atoms with van der Waals surface area (Å²) in [6.07, 6.45) is 1.91. The third-order valence-corrected chi connectivity index (χ3v) is 4.74. The van der Waals surface area contributed by atoms with E-state index in [1.54, 1.807) is 24.3 Å². The lowest BCUT2D eigenvalue weighted by atomic mass is 9.90. The number of hydrogen-bond donors (Lipinski definition) is 2. The van der Waals surface area contributed by atoms with Crippen LogP contribution in [0.25, 0.3) is 0 Å². The summed E-state index contributed by atoms with van der Waals surface area (Å²) in [6, 6.07) is 7.11. The number of nitrogens with zero attached hydrogens (tertiary/aromatic N) is 1. The summed E-state index contributed by atoms with van der Waals surface area (Å²) >= 11 is 0. The van der Waals surface area contributed by atoms with Crippen LogP contribution in [0.4, 0.5) is 0 Å². The van der Waals surface area contributed by atoms with Crippen molar-refractivity contribution in [1.29, 1.82) is 0 Å². The summed E-state index contributed by atoms with van der Waals surface area (Å²) in [5.41, 5.74) is 7.21. The summed E-state index contributed by atoms with van der Waals surface area (Å²) < 4.78 is 0. The minimum absolute atomic E-state index is 0. The van der Waals surface area contributed by atoms with Crippen LogP contribution in [0, 0.1) is 11.3 Å². The lowest BCUT2D eigenvalue weighted by Gasteiger charge is -2.33. The molecule has 2 rings (SSSR count). The zero-order valence-electron chi connectivity index (χ0n) is 16.2. The van der Waals surface area contributed by atoms with Gasteiger partial charge in [-0.3, -0.25) is 9.59 Å². The van der Waals surface area contributed by atoms with Crippen LogP contribution >= 0.6 is 12.4 Å². The Morgan fingerprint density at radius 1 is 1.15 bits per heavy atom. The fourth-order valence-electron chi connectivity index (χ4n) is 3.02. The third kappa shape index (κ3) is 6.29. The second-order valence-electron chi connectivity index (χ2n) is 8.31. The number of rotatable bonds is 4. The van der Waals surface area contributed by atoms with Gasteiger partial charge in [-0.25, -0.2) is 0 Å². The van der Waals surface area contributed by atoms with Gasteiger partial charge in [0.15, 0.2) is 0 Å². The standard InChI is InChI=1S/C20H31N3O2.ClH/c1-14(21)15-9-11-23(12-10-15)19(25)17-7-5-16(6-8-17)18(24)22-13-20(2,3)4;/h5-8,14-15H,9-13,21H2,1-4H3,(H,22,24);1H. The van der Waals surface area contributed by atoms with Crippen LogP contribution in [0.2, 0.25) is 0 Å². The van der Waals surface area contributed by atoms with Gasteiger partial charge in [-0.05, 0) is 55.4 Å². The Kier molecular flexibility index (Phi) is 8.10. The number of halogens is 1. The number of amides is 2. The number of likely N-dealkylation sites (tertiary alicyclic amines) is 1. The van der Waals surface area contributed by atoms with Crippen LogP contribution in [0.1, 0.15) is 61.3 Å². The zero-order chi connectivity index (χ0) is 18.6. The average molecular weight is 382 g/mol. The van der Waals surface area contributed by atoms with E-state index in [1.807, 2.05) is 11.8 Å². The number of nitrogens with two attached hydrogens (primary N) is 1. The molecule has 5 nitrogen and oxygen atoms in total. The summed E-state index contributed by atoms with van der Waals surface area (Å²) in [5.74, 6) is 0.425. The molecule has 1 heterocycles. The van der Waals surface area contributed by atoms with Crippen molar-refractivity contribution in [3.63, 3.8) is 0 Å². The quantitative estimate of drug-likeness (QED) is 0.841. The second-order valence-corrected chi connectivity index (χ2v) is 8.31. The zero-order valence-corrected chi connectivity index (χ0v) is 17.1. The summed E-state index contributed by atoms with van der Waals surface area (Å²) in [6.45, 7) is 10.4. The van der Waals surface area contributed by atoms with E-state index in [-0.39, 0.29) is 35.7 Å². The van der Waals surface area contributed by atoms with Crippen molar-refractivity contribution >= 4 is 24.2 Å². The molecule has 1 unspecified atom stereocenters. The molecule has 1 fully saturated rings. The van der Waals surface area contributed by atoms with E-state index in [0.717, 1.165) is 25.9 Å². The first-order valence-corrected chi connectivity index (χ1v) is 9.10. The van der Waals surface area contributed by atoms with E-state index in [2.05, 4.69) is 26.1 Å². The number of carbonyl (C=O) groups is 2. The maximum atomic E-state index is 12.6. The molecule has 6 heteroatoms. The van der Waals surface area contributed by atoms with Crippen LogP contribution in [-0.4, -0.2) is 42.4 Å². The molecule has 2 amide bonds. The second kappa shape index (κ2) is 9.38. The number of benzene rings is 1. The van der Waals surface area contributed by atoms with E-state index >= 15 is 0 Å². The predicted octanol–water partition coefficient (Wildman–Crippen LogP) is 3.08. The maximum absolute atomic E-state index is 12.6. The average Bonchev–Trinajstić information content (AvgIpc) is 2.58. The Balaban J connectivity index is 0.00000338. The van der Waals surface area contributed by atoms with Gasteiger partial charge in [0.1, 0.15) is 0 Å². The van der Waals surface area contributed by atoms with Crippen LogP contribution in [-0.2, 0) is 0 Å². The van der Waals surface area contributed by atoms with Crippen molar-refractivity contribution in [2.75, 3.05) is 19.6 Å². The van der Waals surface area contributed by atoms with Crippen molar-refractivity contribution in [3.8, 4) is 0 Å². The molecule has 0 aromatic heterocycles. The van der Waals surface area contributed by atoms with Gasteiger partial charge < -0.3 is 16.0 Å². The molecule has 1 aromatic rings. The lowest BCUT2D eigenvalue weighted by Crippen LogP contribution is -2.42. The lowest BCUT2D eigenvalue weighted by molar-refractivity contribution is 0.0680. The normalized spacial score (nSPS) is 16.6. The van der Waals surface area contributed by atoms with Gasteiger partial charge in [-0.2, -0.15) is 0 Å². The topological polar surface area (TPSA) is 75.4 Å². The van der Waals surface area contributed by atoms with Crippen molar-refractivity contribution in [1.82, 2.24) is 10.2 Å². The van der Waals surface area contributed by atoms with E-state index < -0.39 is 0 Å². The van der Waals surface area contributed by atoms with Crippen molar-refractivity contribution in [3.05, 3.63) is 35.4 Å². The van der Waals surface area contributed by atoms with E-state index in [4.69, 9.17) is 5.73 Å². The van der Waals surface area contributed by atoms with Crippen molar-refractivity contribution < 1.29 is 9.59 Å². The predicted molar refractivity (Wildman–Crippen MR) is 108 cm³/mol.